The van der Waals surface area contributed by atoms with Crippen LogP contribution in [0, 0.1) is 11.3 Å². The second-order valence-corrected chi connectivity index (χ2v) is 5.26. The van der Waals surface area contributed by atoms with Gasteiger partial charge in [-0.05, 0) is 64.4 Å². The molecule has 0 aliphatic carbocycles. The molecule has 0 fully saturated rings. The lowest BCUT2D eigenvalue weighted by Crippen LogP contribution is -2.34. The van der Waals surface area contributed by atoms with Crippen molar-refractivity contribution in [2.24, 2.45) is 0 Å². The number of hydrogen-bond acceptors (Lipinski definition) is 4. The van der Waals surface area contributed by atoms with E-state index in [-0.39, 0.29) is 5.91 Å². The van der Waals surface area contributed by atoms with Gasteiger partial charge in [-0.2, -0.15) is 5.26 Å². The van der Waals surface area contributed by atoms with Crippen molar-refractivity contribution in [2.75, 3.05) is 45.6 Å². The lowest BCUT2D eigenvalue weighted by Gasteiger charge is -2.20. The molecule has 0 radical (unpaired) electrons. The number of nitrogens with one attached hydrogen (secondary N) is 1. The van der Waals surface area contributed by atoms with Crippen molar-refractivity contribution in [3.05, 3.63) is 29.8 Å². The first-order chi connectivity index (χ1) is 10.0. The Morgan fingerprint density at radius 1 is 1.24 bits per heavy atom. The highest BCUT2D eigenvalue weighted by atomic mass is 16.2. The summed E-state index contributed by atoms with van der Waals surface area (Å²) in [6.07, 6.45) is 1.05. The summed E-state index contributed by atoms with van der Waals surface area (Å²) in [7, 11) is 4.10. The maximum absolute atomic E-state index is 12.0. The third-order valence-corrected chi connectivity index (χ3v) is 3.19. The fourth-order valence-electron chi connectivity index (χ4n) is 1.99. The second-order valence-electron chi connectivity index (χ2n) is 5.26. The molecule has 0 aromatic heterocycles. The van der Waals surface area contributed by atoms with E-state index in [4.69, 9.17) is 5.26 Å². The van der Waals surface area contributed by atoms with Gasteiger partial charge in [-0.25, -0.2) is 0 Å². The molecule has 0 spiro atoms. The maximum atomic E-state index is 12.0. The molecule has 0 atom stereocenters. The lowest BCUT2D eigenvalue weighted by molar-refractivity contribution is -0.117. The van der Waals surface area contributed by atoms with Gasteiger partial charge in [0.2, 0.25) is 5.91 Å². The van der Waals surface area contributed by atoms with Crippen molar-refractivity contribution in [3.63, 3.8) is 0 Å². The molecule has 0 bridgehead atoms. The van der Waals surface area contributed by atoms with Gasteiger partial charge in [-0.1, -0.05) is 6.92 Å². The minimum atomic E-state index is -0.0218. The van der Waals surface area contributed by atoms with Gasteiger partial charge in [-0.15, -0.1) is 0 Å². The van der Waals surface area contributed by atoms with Crippen LogP contribution in [0.25, 0.3) is 0 Å². The fraction of sp³-hybridized carbons (Fsp3) is 0.500. The van der Waals surface area contributed by atoms with Crippen LogP contribution in [0.4, 0.5) is 5.69 Å². The second kappa shape index (κ2) is 9.11. The molecule has 1 N–H and O–H groups in total. The summed E-state index contributed by atoms with van der Waals surface area (Å²) < 4.78 is 0. The molecule has 0 unspecified atom stereocenters. The highest BCUT2D eigenvalue weighted by Gasteiger charge is 2.09. The standard InChI is InChI=1S/C16H24N4O/c1-4-20(11-5-10-19(2)3)13-16(21)18-15-8-6-14(12-17)7-9-15/h6-9H,4-5,10-11,13H2,1-3H3,(H,18,21). The van der Waals surface area contributed by atoms with E-state index >= 15 is 0 Å². The van der Waals surface area contributed by atoms with E-state index < -0.39 is 0 Å². The van der Waals surface area contributed by atoms with Crippen LogP contribution < -0.4 is 5.32 Å². The van der Waals surface area contributed by atoms with E-state index in [1.807, 2.05) is 14.1 Å². The monoisotopic (exact) mass is 288 g/mol. The molecule has 1 aromatic rings. The zero-order chi connectivity index (χ0) is 15.7. The summed E-state index contributed by atoms with van der Waals surface area (Å²) in [4.78, 5) is 16.3. The Kier molecular flexibility index (Phi) is 7.44. The average Bonchev–Trinajstić information content (AvgIpc) is 2.46. The summed E-state index contributed by atoms with van der Waals surface area (Å²) >= 11 is 0. The highest BCUT2D eigenvalue weighted by molar-refractivity contribution is 5.92. The van der Waals surface area contributed by atoms with Gasteiger partial charge in [0, 0.05) is 5.69 Å². The summed E-state index contributed by atoms with van der Waals surface area (Å²) in [5.41, 5.74) is 1.32. The molecule has 1 aromatic carbocycles. The molecular weight excluding hydrogens is 264 g/mol. The molecule has 114 valence electrons. The van der Waals surface area contributed by atoms with Gasteiger partial charge >= 0.3 is 0 Å². The lowest BCUT2D eigenvalue weighted by atomic mass is 10.2. The van der Waals surface area contributed by atoms with Crippen LogP contribution in [-0.2, 0) is 4.79 Å². The molecule has 0 heterocycles. The SMILES string of the molecule is CCN(CCCN(C)C)CC(=O)Nc1ccc(C#N)cc1. The van der Waals surface area contributed by atoms with Gasteiger partial charge < -0.3 is 10.2 Å². The first-order valence-electron chi connectivity index (χ1n) is 7.22. The first-order valence-corrected chi connectivity index (χ1v) is 7.22. The highest BCUT2D eigenvalue weighted by Crippen LogP contribution is 2.08. The van der Waals surface area contributed by atoms with E-state index in [2.05, 4.69) is 28.1 Å². The molecule has 1 amide bonds. The number of anilines is 1. The van der Waals surface area contributed by atoms with Crippen LogP contribution in [0.1, 0.15) is 18.9 Å². The van der Waals surface area contributed by atoms with Crippen molar-refractivity contribution >= 4 is 11.6 Å². The van der Waals surface area contributed by atoms with Crippen LogP contribution in [-0.4, -0.2) is 56.0 Å². The van der Waals surface area contributed by atoms with Crippen LogP contribution in [0.3, 0.4) is 0 Å². The number of benzene rings is 1. The Morgan fingerprint density at radius 3 is 2.43 bits per heavy atom. The summed E-state index contributed by atoms with van der Waals surface area (Å²) in [6.45, 7) is 5.24. The van der Waals surface area contributed by atoms with Crippen LogP contribution in [0.2, 0.25) is 0 Å². The molecule has 21 heavy (non-hydrogen) atoms. The molecule has 1 rings (SSSR count). The number of hydrogen-bond donors (Lipinski definition) is 1. The smallest absolute Gasteiger partial charge is 0.238 e. The Bertz CT molecular complexity index is 476. The normalized spacial score (nSPS) is 10.7. The number of nitriles is 1. The molecular formula is C16H24N4O. The van der Waals surface area contributed by atoms with E-state index in [0.29, 0.717) is 12.1 Å². The van der Waals surface area contributed by atoms with E-state index in [1.54, 1.807) is 24.3 Å². The number of nitrogens with zero attached hydrogens (tertiary/aromatic N) is 3. The van der Waals surface area contributed by atoms with Gasteiger partial charge in [0.1, 0.15) is 0 Å². The van der Waals surface area contributed by atoms with Crippen molar-refractivity contribution in [2.45, 2.75) is 13.3 Å². The first kappa shape index (κ1) is 17.2. The van der Waals surface area contributed by atoms with E-state index in [1.165, 1.54) is 0 Å². The Balaban J connectivity index is 2.41. The number of carbonyl (C=O) groups is 1. The van der Waals surface area contributed by atoms with Crippen molar-refractivity contribution in [1.29, 1.82) is 5.26 Å². The molecule has 5 nitrogen and oxygen atoms in total. The number of rotatable bonds is 8. The fourth-order valence-corrected chi connectivity index (χ4v) is 1.99. The third-order valence-electron chi connectivity index (χ3n) is 3.19. The molecule has 0 saturated carbocycles. The summed E-state index contributed by atoms with van der Waals surface area (Å²) in [5, 5.41) is 11.6. The minimum absolute atomic E-state index is 0.0218. The van der Waals surface area contributed by atoms with Crippen LogP contribution >= 0.6 is 0 Å². The van der Waals surface area contributed by atoms with Crippen molar-refractivity contribution in [3.8, 4) is 6.07 Å². The Morgan fingerprint density at radius 2 is 1.90 bits per heavy atom. The maximum Gasteiger partial charge on any atom is 0.238 e. The van der Waals surface area contributed by atoms with Gasteiger partial charge in [0.15, 0.2) is 0 Å². The molecule has 5 heteroatoms. The number of likely N-dealkylation sites (N-methyl/N-ethyl adjacent to an activating group) is 1. The molecule has 0 aliphatic rings. The molecule has 0 saturated heterocycles. The predicted octanol–water partition coefficient (Wildman–Crippen LogP) is 1.77. The zero-order valence-electron chi connectivity index (χ0n) is 13.1. The molecule has 0 aliphatic heterocycles. The van der Waals surface area contributed by atoms with Gasteiger partial charge in [0.25, 0.3) is 0 Å². The largest absolute Gasteiger partial charge is 0.325 e. The number of carbonyl (C=O) groups excluding carboxylic acids is 1. The minimum Gasteiger partial charge on any atom is -0.325 e. The van der Waals surface area contributed by atoms with Crippen LogP contribution in [0.5, 0.6) is 0 Å². The number of amides is 1. The van der Waals surface area contributed by atoms with Crippen LogP contribution in [0.15, 0.2) is 24.3 Å². The zero-order valence-corrected chi connectivity index (χ0v) is 13.1. The van der Waals surface area contributed by atoms with Crippen molar-refractivity contribution in [1.82, 2.24) is 9.80 Å². The summed E-state index contributed by atoms with van der Waals surface area (Å²) in [5.74, 6) is -0.0218. The predicted molar refractivity (Wildman–Crippen MR) is 85.1 cm³/mol. The quantitative estimate of drug-likeness (QED) is 0.792. The Labute approximate surface area is 127 Å². The summed E-state index contributed by atoms with van der Waals surface area (Å²) in [6, 6.07) is 8.95. The Hall–Kier alpha value is -1.90. The average molecular weight is 288 g/mol. The van der Waals surface area contributed by atoms with Gasteiger partial charge in [0.05, 0.1) is 18.2 Å². The van der Waals surface area contributed by atoms with E-state index in [9.17, 15) is 4.79 Å². The van der Waals surface area contributed by atoms with Crippen molar-refractivity contribution < 1.29 is 4.79 Å². The van der Waals surface area contributed by atoms with E-state index in [0.717, 1.165) is 31.7 Å². The third kappa shape index (κ3) is 6.89. The topological polar surface area (TPSA) is 59.4 Å². The van der Waals surface area contributed by atoms with Gasteiger partial charge in [-0.3, -0.25) is 9.69 Å².